The van der Waals surface area contributed by atoms with E-state index in [0.29, 0.717) is 15.7 Å². The van der Waals surface area contributed by atoms with Crippen LogP contribution in [0.15, 0.2) is 54.1 Å². The van der Waals surface area contributed by atoms with Crippen LogP contribution in [0.5, 0.6) is 0 Å². The Morgan fingerprint density at radius 1 is 1.03 bits per heavy atom. The number of carbonyl (C=O) groups excluding carboxylic acids is 1. The van der Waals surface area contributed by atoms with E-state index >= 15 is 0 Å². The van der Waals surface area contributed by atoms with E-state index in [1.807, 2.05) is 55.7 Å². The largest absolute Gasteiger partial charge is 0.321 e. The number of carbonyl (C=O) groups is 1. The van der Waals surface area contributed by atoms with Crippen LogP contribution >= 0.6 is 23.2 Å². The monoisotopic (exact) mass is 423 g/mol. The molecule has 1 amide bonds. The minimum atomic E-state index is -0.448. The zero-order chi connectivity index (χ0) is 21.1. The molecule has 0 saturated carbocycles. The third kappa shape index (κ3) is 4.54. The fourth-order valence-corrected chi connectivity index (χ4v) is 3.39. The van der Waals surface area contributed by atoms with Gasteiger partial charge in [-0.25, -0.2) is 0 Å². The molecule has 3 aromatic rings. The van der Waals surface area contributed by atoms with Gasteiger partial charge in [0.1, 0.15) is 11.6 Å². The number of aryl methyl sites for hydroxylation is 2. The van der Waals surface area contributed by atoms with E-state index in [-0.39, 0.29) is 5.57 Å². The molecule has 146 valence electrons. The van der Waals surface area contributed by atoms with Gasteiger partial charge in [-0.15, -0.1) is 0 Å². The summed E-state index contributed by atoms with van der Waals surface area (Å²) in [5.74, 6) is -0.448. The maximum Gasteiger partial charge on any atom is 0.266 e. The summed E-state index contributed by atoms with van der Waals surface area (Å²) >= 11 is 12.2. The van der Waals surface area contributed by atoms with Gasteiger partial charge in [-0.3, -0.25) is 4.79 Å². The van der Waals surface area contributed by atoms with Gasteiger partial charge in [-0.2, -0.15) is 5.26 Å². The van der Waals surface area contributed by atoms with Crippen LogP contribution in [0.25, 0.3) is 11.8 Å². The van der Waals surface area contributed by atoms with E-state index in [2.05, 4.69) is 5.32 Å². The zero-order valence-corrected chi connectivity index (χ0v) is 17.8. The molecule has 0 unspecified atom stereocenters. The Balaban J connectivity index is 1.94. The van der Waals surface area contributed by atoms with Crippen LogP contribution in [0.3, 0.4) is 0 Å². The van der Waals surface area contributed by atoms with Crippen molar-refractivity contribution in [3.05, 3.63) is 86.7 Å². The van der Waals surface area contributed by atoms with Gasteiger partial charge in [0.2, 0.25) is 0 Å². The number of hydrogen-bond acceptors (Lipinski definition) is 2. The van der Waals surface area contributed by atoms with Crippen molar-refractivity contribution in [2.24, 2.45) is 0 Å². The van der Waals surface area contributed by atoms with E-state index in [4.69, 9.17) is 23.2 Å². The highest BCUT2D eigenvalue weighted by Gasteiger charge is 2.14. The molecule has 0 bridgehead atoms. The number of anilines is 1. The molecule has 1 N–H and O–H groups in total. The first-order chi connectivity index (χ1) is 13.8. The summed E-state index contributed by atoms with van der Waals surface area (Å²) < 4.78 is 2.00. The average Bonchev–Trinajstić information content (AvgIpc) is 2.97. The van der Waals surface area contributed by atoms with Crippen LogP contribution in [0.4, 0.5) is 5.69 Å². The molecule has 4 nitrogen and oxygen atoms in total. The standard InChI is InChI=1S/C23H19Cl2N3O/c1-14-4-6-19(7-5-14)27-23(29)18(13-26)11-17-10-15(2)28(16(17)3)20-8-9-21(24)22(25)12-20/h4-12H,1-3H3,(H,27,29)/b18-11+. The van der Waals surface area contributed by atoms with Gasteiger partial charge in [-0.05, 0) is 68.8 Å². The first-order valence-corrected chi connectivity index (χ1v) is 9.70. The van der Waals surface area contributed by atoms with Crippen molar-refractivity contribution in [2.75, 3.05) is 5.32 Å². The van der Waals surface area contributed by atoms with E-state index in [1.54, 1.807) is 30.3 Å². The molecule has 0 radical (unpaired) electrons. The predicted molar refractivity (Wildman–Crippen MR) is 119 cm³/mol. The lowest BCUT2D eigenvalue weighted by molar-refractivity contribution is -0.112. The van der Waals surface area contributed by atoms with Crippen LogP contribution in [-0.2, 0) is 4.79 Å². The molecule has 0 aliphatic heterocycles. The molecule has 1 heterocycles. The van der Waals surface area contributed by atoms with Crippen molar-refractivity contribution in [3.63, 3.8) is 0 Å². The molecule has 2 aromatic carbocycles. The van der Waals surface area contributed by atoms with E-state index in [9.17, 15) is 10.1 Å². The van der Waals surface area contributed by atoms with Crippen LogP contribution in [0, 0.1) is 32.1 Å². The van der Waals surface area contributed by atoms with Gasteiger partial charge in [0, 0.05) is 22.8 Å². The zero-order valence-electron chi connectivity index (χ0n) is 16.3. The van der Waals surface area contributed by atoms with Gasteiger partial charge >= 0.3 is 0 Å². The second-order valence-corrected chi connectivity index (χ2v) is 7.56. The average molecular weight is 424 g/mol. The second kappa shape index (κ2) is 8.57. The van der Waals surface area contributed by atoms with Crippen LogP contribution in [0.1, 0.15) is 22.5 Å². The summed E-state index contributed by atoms with van der Waals surface area (Å²) in [7, 11) is 0. The molecule has 29 heavy (non-hydrogen) atoms. The molecule has 0 spiro atoms. The minimum absolute atomic E-state index is 0.0277. The van der Waals surface area contributed by atoms with E-state index in [0.717, 1.165) is 28.2 Å². The Morgan fingerprint density at radius 2 is 1.72 bits per heavy atom. The van der Waals surface area contributed by atoms with Gasteiger partial charge in [0.05, 0.1) is 10.0 Å². The number of nitriles is 1. The highest BCUT2D eigenvalue weighted by Crippen LogP contribution is 2.28. The lowest BCUT2D eigenvalue weighted by Gasteiger charge is -2.10. The molecule has 0 aliphatic carbocycles. The van der Waals surface area contributed by atoms with Crippen molar-refractivity contribution in [1.82, 2.24) is 4.57 Å². The summed E-state index contributed by atoms with van der Waals surface area (Å²) in [5.41, 5.74) is 5.23. The molecule has 0 fully saturated rings. The van der Waals surface area contributed by atoms with Gasteiger partial charge in [-0.1, -0.05) is 40.9 Å². The first kappa shape index (κ1) is 20.7. The van der Waals surface area contributed by atoms with Crippen LogP contribution in [0.2, 0.25) is 10.0 Å². The highest BCUT2D eigenvalue weighted by molar-refractivity contribution is 6.42. The van der Waals surface area contributed by atoms with Crippen molar-refractivity contribution in [1.29, 1.82) is 5.26 Å². The van der Waals surface area contributed by atoms with Crippen molar-refractivity contribution in [3.8, 4) is 11.8 Å². The van der Waals surface area contributed by atoms with Crippen molar-refractivity contribution in [2.45, 2.75) is 20.8 Å². The SMILES string of the molecule is Cc1ccc(NC(=O)/C(C#N)=C/c2cc(C)n(-c3ccc(Cl)c(Cl)c3)c2C)cc1. The number of aromatic nitrogens is 1. The number of hydrogen-bond donors (Lipinski definition) is 1. The number of nitrogens with one attached hydrogen (secondary N) is 1. The second-order valence-electron chi connectivity index (χ2n) is 6.75. The number of nitrogens with zero attached hydrogens (tertiary/aromatic N) is 2. The lowest BCUT2D eigenvalue weighted by Crippen LogP contribution is -2.13. The Labute approximate surface area is 180 Å². The molecular formula is C23H19Cl2N3O. The van der Waals surface area contributed by atoms with E-state index < -0.39 is 5.91 Å². The van der Waals surface area contributed by atoms with Crippen molar-refractivity contribution >= 4 is 40.9 Å². The Morgan fingerprint density at radius 3 is 2.34 bits per heavy atom. The van der Waals surface area contributed by atoms with Gasteiger partial charge in [0.15, 0.2) is 0 Å². The number of benzene rings is 2. The normalized spacial score (nSPS) is 11.2. The molecule has 0 atom stereocenters. The lowest BCUT2D eigenvalue weighted by atomic mass is 10.1. The fraction of sp³-hybridized carbons (Fsp3) is 0.130. The summed E-state index contributed by atoms with van der Waals surface area (Å²) in [5, 5.41) is 13.2. The quantitative estimate of drug-likeness (QED) is 0.397. The first-order valence-electron chi connectivity index (χ1n) is 8.94. The molecular weight excluding hydrogens is 405 g/mol. The maximum atomic E-state index is 12.5. The summed E-state index contributed by atoms with van der Waals surface area (Å²) in [6.45, 7) is 5.84. The molecule has 3 rings (SSSR count). The summed E-state index contributed by atoms with van der Waals surface area (Å²) in [6, 6.07) is 16.7. The third-order valence-electron chi connectivity index (χ3n) is 4.61. The topological polar surface area (TPSA) is 57.8 Å². The van der Waals surface area contributed by atoms with Gasteiger partial charge in [0.25, 0.3) is 5.91 Å². The third-order valence-corrected chi connectivity index (χ3v) is 5.35. The van der Waals surface area contributed by atoms with Crippen LogP contribution < -0.4 is 5.32 Å². The number of amides is 1. The fourth-order valence-electron chi connectivity index (χ4n) is 3.09. The van der Waals surface area contributed by atoms with Gasteiger partial charge < -0.3 is 9.88 Å². The number of rotatable bonds is 4. The summed E-state index contributed by atoms with van der Waals surface area (Å²) in [6.07, 6.45) is 1.60. The minimum Gasteiger partial charge on any atom is -0.321 e. The summed E-state index contributed by atoms with van der Waals surface area (Å²) in [4.78, 5) is 12.5. The Kier molecular flexibility index (Phi) is 6.12. The molecule has 6 heteroatoms. The Hall–Kier alpha value is -3.00. The highest BCUT2D eigenvalue weighted by atomic mass is 35.5. The van der Waals surface area contributed by atoms with Crippen LogP contribution in [-0.4, -0.2) is 10.5 Å². The van der Waals surface area contributed by atoms with Crippen molar-refractivity contribution < 1.29 is 4.79 Å². The predicted octanol–water partition coefficient (Wildman–Crippen LogP) is 6.26. The van der Waals surface area contributed by atoms with E-state index in [1.165, 1.54) is 0 Å². The molecule has 1 aromatic heterocycles. The Bertz CT molecular complexity index is 1150. The molecule has 0 aliphatic rings. The molecule has 0 saturated heterocycles. The maximum absolute atomic E-state index is 12.5. The smallest absolute Gasteiger partial charge is 0.266 e. The number of halogens is 2.